The number of hydrogen-bond donors (Lipinski definition) is 0. The van der Waals surface area contributed by atoms with Gasteiger partial charge in [-0.15, -0.1) is 0 Å². The Morgan fingerprint density at radius 2 is 1.37 bits per heavy atom. The molecule has 156 valence electrons. The molecule has 4 nitrogen and oxygen atoms in total. The maximum atomic E-state index is 12.0. The fourth-order valence-corrected chi connectivity index (χ4v) is 2.69. The van der Waals surface area contributed by atoms with Gasteiger partial charge < -0.3 is 9.47 Å². The van der Waals surface area contributed by atoms with Crippen molar-refractivity contribution < 1.29 is 19.1 Å². The van der Waals surface area contributed by atoms with Gasteiger partial charge in [0.1, 0.15) is 0 Å². The molecule has 0 heterocycles. The van der Waals surface area contributed by atoms with Crippen LogP contribution in [0.5, 0.6) is 0 Å². The van der Waals surface area contributed by atoms with Crippen LogP contribution in [0.15, 0.2) is 23.8 Å². The third-order valence-electron chi connectivity index (χ3n) is 4.90. The number of carbonyl (C=O) groups is 2. The zero-order chi connectivity index (χ0) is 20.5. The molecule has 4 heteroatoms. The van der Waals surface area contributed by atoms with Crippen LogP contribution >= 0.6 is 0 Å². The molecule has 0 bridgehead atoms. The summed E-state index contributed by atoms with van der Waals surface area (Å²) in [6.07, 6.45) is 13.4. The maximum absolute atomic E-state index is 12.0. The lowest BCUT2D eigenvalue weighted by atomic mass is 10.0. The van der Waals surface area contributed by atoms with Crippen molar-refractivity contribution in [1.29, 1.82) is 0 Å². The number of rotatable bonds is 15. The van der Waals surface area contributed by atoms with Crippen molar-refractivity contribution in [2.45, 2.75) is 86.0 Å². The van der Waals surface area contributed by atoms with Gasteiger partial charge in [-0.2, -0.15) is 0 Å². The molecule has 2 unspecified atom stereocenters. The minimum Gasteiger partial charge on any atom is -0.462 e. The summed E-state index contributed by atoms with van der Waals surface area (Å²) in [5.41, 5.74) is 0.485. The summed E-state index contributed by atoms with van der Waals surface area (Å²) in [4.78, 5) is 23.8. The third-order valence-corrected chi connectivity index (χ3v) is 4.90. The lowest BCUT2D eigenvalue weighted by molar-refractivity contribution is -0.141. The highest BCUT2D eigenvalue weighted by Crippen LogP contribution is 2.14. The number of unbranched alkanes of at least 4 members (excludes halogenated alkanes) is 2. The second kappa shape index (κ2) is 16.6. The first-order chi connectivity index (χ1) is 13.0. The van der Waals surface area contributed by atoms with Crippen LogP contribution < -0.4 is 0 Å². The molecule has 2 atom stereocenters. The second-order valence-electron chi connectivity index (χ2n) is 7.27. The molecule has 0 radical (unpaired) electrons. The Labute approximate surface area is 166 Å². The molecule has 0 fully saturated rings. The Hall–Kier alpha value is -1.58. The molecule has 0 N–H and O–H groups in total. The van der Waals surface area contributed by atoms with E-state index in [2.05, 4.69) is 27.7 Å². The van der Waals surface area contributed by atoms with Gasteiger partial charge in [-0.1, -0.05) is 78.4 Å². The maximum Gasteiger partial charge on any atom is 0.333 e. The molecule has 0 aromatic rings. The first kappa shape index (κ1) is 25.4. The number of hydrogen-bond acceptors (Lipinski definition) is 4. The van der Waals surface area contributed by atoms with Gasteiger partial charge in [-0.25, -0.2) is 9.59 Å². The standard InChI is InChI=1S/C23H40O4/c1-6-10-14-20(8-3)17-26-22(24)16-12-13-19(5)23(25)27-18-21(9-4)15-11-7-2/h12-13,16,20-21H,6-11,14-15,17-18H2,1-5H3/b16-12+,19-13+. The van der Waals surface area contributed by atoms with Gasteiger partial charge in [-0.3, -0.25) is 0 Å². The monoisotopic (exact) mass is 380 g/mol. The summed E-state index contributed by atoms with van der Waals surface area (Å²) in [6.45, 7) is 11.2. The Morgan fingerprint density at radius 1 is 0.852 bits per heavy atom. The van der Waals surface area contributed by atoms with Gasteiger partial charge in [0.2, 0.25) is 0 Å². The summed E-state index contributed by atoms with van der Waals surface area (Å²) in [5.74, 6) is 0.154. The summed E-state index contributed by atoms with van der Waals surface area (Å²) in [7, 11) is 0. The smallest absolute Gasteiger partial charge is 0.333 e. The van der Waals surface area contributed by atoms with Crippen molar-refractivity contribution in [2.24, 2.45) is 11.8 Å². The highest BCUT2D eigenvalue weighted by atomic mass is 16.5. The normalized spacial score (nSPS) is 14.2. The van der Waals surface area contributed by atoms with Crippen molar-refractivity contribution in [1.82, 2.24) is 0 Å². The number of carbonyl (C=O) groups excluding carboxylic acids is 2. The van der Waals surface area contributed by atoms with Gasteiger partial charge in [0.05, 0.1) is 13.2 Å². The summed E-state index contributed by atoms with van der Waals surface area (Å²) < 4.78 is 10.7. The average molecular weight is 381 g/mol. The molecule has 0 aromatic heterocycles. The minimum atomic E-state index is -0.368. The number of allylic oxidation sites excluding steroid dienone is 2. The lowest BCUT2D eigenvalue weighted by Gasteiger charge is -2.14. The van der Waals surface area contributed by atoms with Gasteiger partial charge in [0.15, 0.2) is 0 Å². The zero-order valence-corrected chi connectivity index (χ0v) is 18.1. The first-order valence-electron chi connectivity index (χ1n) is 10.7. The molecule has 0 aliphatic rings. The molecule has 0 spiro atoms. The average Bonchev–Trinajstić information content (AvgIpc) is 2.67. The van der Waals surface area contributed by atoms with E-state index in [1.54, 1.807) is 19.1 Å². The third kappa shape index (κ3) is 13.3. The van der Waals surface area contributed by atoms with Crippen LogP contribution in [-0.2, 0) is 19.1 Å². The fourth-order valence-electron chi connectivity index (χ4n) is 2.69. The van der Waals surface area contributed by atoms with Crippen LogP contribution in [0.2, 0.25) is 0 Å². The summed E-state index contributed by atoms with van der Waals surface area (Å²) >= 11 is 0. The van der Waals surface area contributed by atoms with Crippen LogP contribution in [0.25, 0.3) is 0 Å². The SMILES string of the molecule is CCCCC(CC)COC(=O)/C=C/C=C(\C)C(=O)OCC(CC)CCCC. The van der Waals surface area contributed by atoms with Crippen LogP contribution in [0, 0.1) is 11.8 Å². The van der Waals surface area contributed by atoms with E-state index < -0.39 is 0 Å². The fraction of sp³-hybridized carbons (Fsp3) is 0.739. The summed E-state index contributed by atoms with van der Waals surface area (Å²) in [5, 5.41) is 0. The van der Waals surface area contributed by atoms with Gasteiger partial charge in [-0.05, 0) is 31.6 Å². The second-order valence-corrected chi connectivity index (χ2v) is 7.27. The van der Waals surface area contributed by atoms with E-state index in [0.717, 1.165) is 51.4 Å². The Kier molecular flexibility index (Phi) is 15.6. The van der Waals surface area contributed by atoms with Crippen molar-refractivity contribution >= 4 is 11.9 Å². The Balaban J connectivity index is 4.28. The molecule has 0 aliphatic carbocycles. The van der Waals surface area contributed by atoms with E-state index in [1.807, 2.05) is 0 Å². The van der Waals surface area contributed by atoms with Crippen LogP contribution in [0.1, 0.15) is 86.0 Å². The number of ether oxygens (including phenoxy) is 2. The molecule has 0 saturated carbocycles. The van der Waals surface area contributed by atoms with E-state index in [4.69, 9.17) is 9.47 Å². The van der Waals surface area contributed by atoms with Crippen LogP contribution in [0.4, 0.5) is 0 Å². The van der Waals surface area contributed by atoms with Crippen molar-refractivity contribution in [3.63, 3.8) is 0 Å². The summed E-state index contributed by atoms with van der Waals surface area (Å²) in [6, 6.07) is 0. The van der Waals surface area contributed by atoms with Gasteiger partial charge >= 0.3 is 11.9 Å². The molecular formula is C23H40O4. The van der Waals surface area contributed by atoms with E-state index in [9.17, 15) is 9.59 Å². The highest BCUT2D eigenvalue weighted by molar-refractivity contribution is 5.88. The van der Waals surface area contributed by atoms with Crippen molar-refractivity contribution in [3.8, 4) is 0 Å². The van der Waals surface area contributed by atoms with E-state index in [0.29, 0.717) is 30.6 Å². The van der Waals surface area contributed by atoms with E-state index in [-0.39, 0.29) is 11.9 Å². The van der Waals surface area contributed by atoms with E-state index >= 15 is 0 Å². The quantitative estimate of drug-likeness (QED) is 0.198. The zero-order valence-electron chi connectivity index (χ0n) is 18.1. The molecule has 0 amide bonds. The van der Waals surface area contributed by atoms with Crippen molar-refractivity contribution in [3.05, 3.63) is 23.8 Å². The van der Waals surface area contributed by atoms with Crippen molar-refractivity contribution in [2.75, 3.05) is 13.2 Å². The van der Waals surface area contributed by atoms with E-state index in [1.165, 1.54) is 6.08 Å². The minimum absolute atomic E-state index is 0.325. The highest BCUT2D eigenvalue weighted by Gasteiger charge is 2.11. The largest absolute Gasteiger partial charge is 0.462 e. The number of esters is 2. The Bertz CT molecular complexity index is 465. The Morgan fingerprint density at radius 3 is 1.85 bits per heavy atom. The first-order valence-corrected chi connectivity index (χ1v) is 10.7. The molecule has 0 aromatic carbocycles. The molecule has 0 aliphatic heterocycles. The van der Waals surface area contributed by atoms with Crippen LogP contribution in [-0.4, -0.2) is 25.2 Å². The van der Waals surface area contributed by atoms with Crippen LogP contribution in [0.3, 0.4) is 0 Å². The van der Waals surface area contributed by atoms with Gasteiger partial charge in [0.25, 0.3) is 0 Å². The predicted molar refractivity (Wildman–Crippen MR) is 111 cm³/mol. The van der Waals surface area contributed by atoms with Gasteiger partial charge in [0, 0.05) is 11.6 Å². The predicted octanol–water partition coefficient (Wildman–Crippen LogP) is 6.01. The lowest BCUT2D eigenvalue weighted by Crippen LogP contribution is -2.14. The molecule has 27 heavy (non-hydrogen) atoms. The molecule has 0 rings (SSSR count). The topological polar surface area (TPSA) is 52.6 Å². The molecular weight excluding hydrogens is 340 g/mol. The molecule has 0 saturated heterocycles.